The van der Waals surface area contributed by atoms with Gasteiger partial charge in [-0.15, -0.1) is 0 Å². The normalized spacial score (nSPS) is 11.4. The summed E-state index contributed by atoms with van der Waals surface area (Å²) in [6.07, 6.45) is 0.872. The number of benzene rings is 2. The maximum Gasteiger partial charge on any atom is 0.276 e. The average Bonchev–Trinajstić information content (AvgIpc) is 2.56. The predicted molar refractivity (Wildman–Crippen MR) is 85.8 cm³/mol. The summed E-state index contributed by atoms with van der Waals surface area (Å²) in [5, 5.41) is 34.4. The Balaban J connectivity index is 2.24. The molecule has 0 aliphatic heterocycles. The highest BCUT2D eigenvalue weighted by Crippen LogP contribution is 2.21. The minimum absolute atomic E-state index is 0.0871. The third-order valence-electron chi connectivity index (χ3n) is 2.94. The van der Waals surface area contributed by atoms with Crippen LogP contribution in [0.5, 0.6) is 5.75 Å². The number of sulfonamides is 1. The number of nitrogens with zero attached hydrogens (tertiary/aromatic N) is 3. The predicted octanol–water partition coefficient (Wildman–Crippen LogP) is 1.52. The molecular formula is C13H10N4O7S. The molecule has 0 radical (unpaired) electrons. The van der Waals surface area contributed by atoms with Gasteiger partial charge in [0.1, 0.15) is 5.75 Å². The van der Waals surface area contributed by atoms with Gasteiger partial charge in [-0.05, 0) is 12.1 Å². The number of nitro benzene ring substituents is 2. The van der Waals surface area contributed by atoms with E-state index in [2.05, 4.69) is 5.10 Å². The van der Waals surface area contributed by atoms with E-state index < -0.39 is 25.6 Å². The Morgan fingerprint density at radius 3 is 2.32 bits per heavy atom. The van der Waals surface area contributed by atoms with Gasteiger partial charge in [-0.25, -0.2) is 4.83 Å². The van der Waals surface area contributed by atoms with Crippen LogP contribution in [0.3, 0.4) is 0 Å². The van der Waals surface area contributed by atoms with Gasteiger partial charge < -0.3 is 5.11 Å². The monoisotopic (exact) mass is 366 g/mol. The van der Waals surface area contributed by atoms with Crippen LogP contribution in [0.4, 0.5) is 11.4 Å². The largest absolute Gasteiger partial charge is 0.507 e. The molecule has 0 atom stereocenters. The Bertz CT molecular complexity index is 972. The van der Waals surface area contributed by atoms with Gasteiger partial charge in [0.05, 0.1) is 21.0 Å². The molecule has 2 aromatic carbocycles. The number of hydrazone groups is 1. The average molecular weight is 366 g/mol. The van der Waals surface area contributed by atoms with Crippen molar-refractivity contribution in [3.63, 3.8) is 0 Å². The lowest BCUT2D eigenvalue weighted by Gasteiger charge is -2.03. The number of phenols is 1. The van der Waals surface area contributed by atoms with Crippen molar-refractivity contribution in [2.75, 3.05) is 0 Å². The molecule has 0 saturated heterocycles. The van der Waals surface area contributed by atoms with E-state index in [0.717, 1.165) is 42.6 Å². The number of phenolic OH excluding ortho intramolecular Hbond substituents is 1. The molecule has 0 spiro atoms. The molecule has 0 unspecified atom stereocenters. The van der Waals surface area contributed by atoms with Gasteiger partial charge in [0, 0.05) is 29.8 Å². The van der Waals surface area contributed by atoms with Crippen molar-refractivity contribution in [2.45, 2.75) is 4.90 Å². The lowest BCUT2D eigenvalue weighted by molar-refractivity contribution is -0.385. The second-order valence-corrected chi connectivity index (χ2v) is 6.27. The van der Waals surface area contributed by atoms with Crippen molar-refractivity contribution in [3.8, 4) is 5.75 Å². The van der Waals surface area contributed by atoms with Crippen molar-refractivity contribution < 1.29 is 23.4 Å². The first kappa shape index (κ1) is 17.8. The molecule has 0 bridgehead atoms. The molecule has 0 heterocycles. The standard InChI is InChI=1S/C13H10N4O7S/c18-13-5-4-11(17(21)22)6-9(13)8-14-15-25(23,24)12-3-1-2-10(7-12)16(19)20/h1-8,15,18H/b14-8-. The number of nitrogens with one attached hydrogen (secondary N) is 1. The Kier molecular flexibility index (Phi) is 4.93. The quantitative estimate of drug-likeness (QED) is 0.444. The SMILES string of the molecule is O=[N+]([O-])c1cccc(S(=O)(=O)N/N=C\c2cc([N+](=O)[O-])ccc2O)c1. The van der Waals surface area contributed by atoms with Crippen LogP contribution in [-0.2, 0) is 10.0 Å². The van der Waals surface area contributed by atoms with Crippen LogP contribution in [0.25, 0.3) is 0 Å². The molecule has 130 valence electrons. The second-order valence-electron chi connectivity index (χ2n) is 4.61. The van der Waals surface area contributed by atoms with Gasteiger partial charge in [-0.2, -0.15) is 13.5 Å². The number of nitro groups is 2. The third-order valence-corrected chi connectivity index (χ3v) is 4.16. The summed E-state index contributed by atoms with van der Waals surface area (Å²) in [5.41, 5.74) is -0.820. The lowest BCUT2D eigenvalue weighted by atomic mass is 10.2. The Hall–Kier alpha value is -3.54. The van der Waals surface area contributed by atoms with Gasteiger partial charge in [0.15, 0.2) is 0 Å². The summed E-state index contributed by atoms with van der Waals surface area (Å²) in [4.78, 5) is 21.3. The smallest absolute Gasteiger partial charge is 0.276 e. The number of aromatic hydroxyl groups is 1. The number of non-ortho nitro benzene ring substituents is 2. The molecule has 12 heteroatoms. The van der Waals surface area contributed by atoms with Crippen LogP contribution < -0.4 is 4.83 Å². The Morgan fingerprint density at radius 1 is 1.04 bits per heavy atom. The van der Waals surface area contributed by atoms with Crippen molar-refractivity contribution >= 4 is 27.6 Å². The second kappa shape index (κ2) is 6.92. The molecule has 0 aromatic heterocycles. The van der Waals surface area contributed by atoms with Crippen LogP contribution in [0, 0.1) is 20.2 Å². The van der Waals surface area contributed by atoms with E-state index >= 15 is 0 Å². The van der Waals surface area contributed by atoms with Crippen molar-refractivity contribution in [1.82, 2.24) is 4.83 Å². The molecule has 0 aliphatic carbocycles. The van der Waals surface area contributed by atoms with Crippen LogP contribution in [0.1, 0.15) is 5.56 Å². The molecule has 2 rings (SSSR count). The Morgan fingerprint density at radius 2 is 1.68 bits per heavy atom. The molecule has 2 N–H and O–H groups in total. The molecular weight excluding hydrogens is 356 g/mol. The summed E-state index contributed by atoms with van der Waals surface area (Å²) in [7, 11) is -4.19. The van der Waals surface area contributed by atoms with E-state index in [4.69, 9.17) is 0 Å². The molecule has 0 saturated carbocycles. The molecule has 0 aliphatic rings. The van der Waals surface area contributed by atoms with Crippen LogP contribution in [-0.4, -0.2) is 29.6 Å². The van der Waals surface area contributed by atoms with Crippen LogP contribution >= 0.6 is 0 Å². The summed E-state index contributed by atoms with van der Waals surface area (Å²) in [5.74, 6) is -0.344. The lowest BCUT2D eigenvalue weighted by Crippen LogP contribution is -2.18. The zero-order chi connectivity index (χ0) is 18.6. The highest BCUT2D eigenvalue weighted by molar-refractivity contribution is 7.89. The highest BCUT2D eigenvalue weighted by atomic mass is 32.2. The van der Waals surface area contributed by atoms with E-state index in [1.807, 2.05) is 0 Å². The van der Waals surface area contributed by atoms with Crippen molar-refractivity contribution in [2.24, 2.45) is 5.10 Å². The maximum absolute atomic E-state index is 12.0. The molecule has 25 heavy (non-hydrogen) atoms. The van der Waals surface area contributed by atoms with Crippen molar-refractivity contribution in [1.29, 1.82) is 0 Å². The molecule has 2 aromatic rings. The van der Waals surface area contributed by atoms with Gasteiger partial charge in [0.2, 0.25) is 0 Å². The zero-order valence-corrected chi connectivity index (χ0v) is 13.1. The van der Waals surface area contributed by atoms with E-state index in [9.17, 15) is 33.8 Å². The fourth-order valence-electron chi connectivity index (χ4n) is 1.74. The Labute approximate surface area is 140 Å². The van der Waals surface area contributed by atoms with Gasteiger partial charge in [-0.3, -0.25) is 20.2 Å². The third kappa shape index (κ3) is 4.26. The van der Waals surface area contributed by atoms with Crippen LogP contribution in [0.15, 0.2) is 52.5 Å². The molecule has 0 fully saturated rings. The highest BCUT2D eigenvalue weighted by Gasteiger charge is 2.17. The van der Waals surface area contributed by atoms with Crippen LogP contribution in [0.2, 0.25) is 0 Å². The fraction of sp³-hybridized carbons (Fsp3) is 0. The molecule has 11 nitrogen and oxygen atoms in total. The number of hydrogen-bond acceptors (Lipinski definition) is 8. The maximum atomic E-state index is 12.0. The van der Waals surface area contributed by atoms with E-state index in [-0.39, 0.29) is 21.9 Å². The van der Waals surface area contributed by atoms with Gasteiger partial charge >= 0.3 is 0 Å². The van der Waals surface area contributed by atoms with Crippen molar-refractivity contribution in [3.05, 3.63) is 68.3 Å². The van der Waals surface area contributed by atoms with Gasteiger partial charge in [-0.1, -0.05) is 6.07 Å². The van der Waals surface area contributed by atoms with E-state index in [0.29, 0.717) is 0 Å². The summed E-state index contributed by atoms with van der Waals surface area (Å²) < 4.78 is 24.1. The zero-order valence-electron chi connectivity index (χ0n) is 12.3. The number of hydrogen-bond donors (Lipinski definition) is 2. The first-order valence-electron chi connectivity index (χ1n) is 6.47. The summed E-state index contributed by atoms with van der Waals surface area (Å²) in [6.45, 7) is 0. The fourth-order valence-corrected chi connectivity index (χ4v) is 2.57. The van der Waals surface area contributed by atoms with E-state index in [1.54, 1.807) is 4.83 Å². The topological polar surface area (TPSA) is 165 Å². The summed E-state index contributed by atoms with van der Waals surface area (Å²) >= 11 is 0. The molecule has 0 amide bonds. The first-order valence-corrected chi connectivity index (χ1v) is 7.96. The van der Waals surface area contributed by atoms with E-state index in [1.165, 1.54) is 6.07 Å². The first-order chi connectivity index (χ1) is 11.7. The minimum atomic E-state index is -4.19. The summed E-state index contributed by atoms with van der Waals surface area (Å²) in [6, 6.07) is 7.44. The minimum Gasteiger partial charge on any atom is -0.507 e. The van der Waals surface area contributed by atoms with Gasteiger partial charge in [0.25, 0.3) is 21.4 Å². The number of rotatable bonds is 6.